The summed E-state index contributed by atoms with van der Waals surface area (Å²) in [6, 6.07) is 1.85. The van der Waals surface area contributed by atoms with Gasteiger partial charge in [0.25, 0.3) is 0 Å². The Morgan fingerprint density at radius 2 is 2.30 bits per heavy atom. The Bertz CT molecular complexity index is 554. The van der Waals surface area contributed by atoms with Crippen molar-refractivity contribution in [2.45, 2.75) is 19.4 Å². The van der Waals surface area contributed by atoms with Crippen LogP contribution >= 0.6 is 11.3 Å². The Labute approximate surface area is 124 Å². The monoisotopic (exact) mass is 317 g/mol. The topological polar surface area (TPSA) is 75.6 Å². The smallest absolute Gasteiger partial charge is 0.212 e. The molecule has 0 atom stereocenters. The molecule has 0 aliphatic heterocycles. The predicted molar refractivity (Wildman–Crippen MR) is 80.0 cm³/mol. The summed E-state index contributed by atoms with van der Waals surface area (Å²) in [5, 5.41) is 10.5. The average molecular weight is 317 g/mol. The lowest BCUT2D eigenvalue weighted by Crippen LogP contribution is -2.26. The third-order valence-corrected chi connectivity index (χ3v) is 4.75. The summed E-state index contributed by atoms with van der Waals surface area (Å²) >= 11 is 1.46. The molecule has 1 aromatic heterocycles. The van der Waals surface area contributed by atoms with E-state index >= 15 is 0 Å². The third-order valence-electron chi connectivity index (χ3n) is 2.42. The zero-order valence-corrected chi connectivity index (χ0v) is 13.0. The lowest BCUT2D eigenvalue weighted by Gasteiger charge is -2.05. The number of methoxy groups -OCH3 is 1. The molecular weight excluding hydrogens is 298 g/mol. The molecule has 0 saturated carbocycles. The van der Waals surface area contributed by atoms with Gasteiger partial charge in [-0.15, -0.1) is 11.3 Å². The minimum Gasteiger partial charge on any atom is -0.395 e. The van der Waals surface area contributed by atoms with Crippen molar-refractivity contribution in [3.63, 3.8) is 0 Å². The maximum Gasteiger partial charge on any atom is 0.212 e. The molecule has 0 aliphatic carbocycles. The molecule has 0 amide bonds. The largest absolute Gasteiger partial charge is 0.395 e. The van der Waals surface area contributed by atoms with Gasteiger partial charge in [0.15, 0.2) is 0 Å². The first-order valence-electron chi connectivity index (χ1n) is 6.21. The Kier molecular flexibility index (Phi) is 7.80. The fourth-order valence-electron chi connectivity index (χ4n) is 1.44. The second kappa shape index (κ2) is 9.10. The SMILES string of the molecule is COCCCS(=O)(=O)NCc1sccc1C#CCCO. The second-order valence-corrected chi connectivity index (χ2v) is 6.95. The van der Waals surface area contributed by atoms with Gasteiger partial charge in [0.1, 0.15) is 0 Å². The van der Waals surface area contributed by atoms with Crippen molar-refractivity contribution < 1.29 is 18.3 Å². The van der Waals surface area contributed by atoms with Crippen LogP contribution in [0.15, 0.2) is 11.4 Å². The number of hydrogen-bond donors (Lipinski definition) is 2. The van der Waals surface area contributed by atoms with Gasteiger partial charge in [0, 0.05) is 37.1 Å². The van der Waals surface area contributed by atoms with Crippen LogP contribution in [0.5, 0.6) is 0 Å². The number of rotatable bonds is 8. The minimum atomic E-state index is -3.28. The molecule has 0 spiro atoms. The minimum absolute atomic E-state index is 0.0264. The van der Waals surface area contributed by atoms with E-state index in [0.29, 0.717) is 19.4 Å². The standard InChI is InChI=1S/C13H19NO4S2/c1-18-8-4-10-20(16,17)14-11-13-12(6-9-19-13)5-2-3-7-15/h6,9,14-15H,3-4,7-8,10-11H2,1H3. The highest BCUT2D eigenvalue weighted by Crippen LogP contribution is 2.15. The summed E-state index contributed by atoms with van der Waals surface area (Å²) in [6.45, 7) is 0.701. The van der Waals surface area contributed by atoms with Gasteiger partial charge < -0.3 is 9.84 Å². The van der Waals surface area contributed by atoms with Crippen LogP contribution in [-0.2, 0) is 21.3 Å². The van der Waals surface area contributed by atoms with Gasteiger partial charge in [-0.25, -0.2) is 13.1 Å². The van der Waals surface area contributed by atoms with Gasteiger partial charge in [-0.05, 0) is 17.9 Å². The summed E-state index contributed by atoms with van der Waals surface area (Å²) in [6.07, 6.45) is 0.886. The zero-order valence-electron chi connectivity index (χ0n) is 11.4. The zero-order chi connectivity index (χ0) is 14.8. The number of aliphatic hydroxyl groups is 1. The van der Waals surface area contributed by atoms with Gasteiger partial charge >= 0.3 is 0 Å². The maximum atomic E-state index is 11.7. The number of nitrogens with one attached hydrogen (secondary N) is 1. The molecule has 0 radical (unpaired) electrons. The first-order chi connectivity index (χ1) is 9.59. The summed E-state index contributed by atoms with van der Waals surface area (Å²) in [7, 11) is -1.74. The van der Waals surface area contributed by atoms with Gasteiger partial charge in [-0.2, -0.15) is 0 Å². The van der Waals surface area contributed by atoms with Crippen molar-refractivity contribution in [1.29, 1.82) is 0 Å². The Morgan fingerprint density at radius 1 is 1.50 bits per heavy atom. The van der Waals surface area contributed by atoms with Crippen LogP contribution in [0.1, 0.15) is 23.3 Å². The van der Waals surface area contributed by atoms with Crippen molar-refractivity contribution in [2.75, 3.05) is 26.1 Å². The van der Waals surface area contributed by atoms with Crippen molar-refractivity contribution >= 4 is 21.4 Å². The molecule has 0 aromatic carbocycles. The van der Waals surface area contributed by atoms with Gasteiger partial charge in [0.2, 0.25) is 10.0 Å². The van der Waals surface area contributed by atoms with Crippen molar-refractivity contribution in [3.8, 4) is 11.8 Å². The third kappa shape index (κ3) is 6.50. The van der Waals surface area contributed by atoms with Gasteiger partial charge in [-0.1, -0.05) is 11.8 Å². The molecule has 1 rings (SSSR count). The average Bonchev–Trinajstić information content (AvgIpc) is 2.85. The molecule has 5 nitrogen and oxygen atoms in total. The number of ether oxygens (including phenoxy) is 1. The summed E-state index contributed by atoms with van der Waals surface area (Å²) in [4.78, 5) is 0.880. The molecule has 0 saturated heterocycles. The fourth-order valence-corrected chi connectivity index (χ4v) is 3.31. The van der Waals surface area contributed by atoms with Crippen LogP contribution in [0.3, 0.4) is 0 Å². The van der Waals surface area contributed by atoms with Crippen LogP contribution in [0.2, 0.25) is 0 Å². The highest BCUT2D eigenvalue weighted by molar-refractivity contribution is 7.89. The molecule has 0 unspecified atom stereocenters. The van der Waals surface area contributed by atoms with Crippen molar-refractivity contribution in [2.24, 2.45) is 0 Å². The maximum absolute atomic E-state index is 11.7. The molecule has 7 heteroatoms. The molecule has 20 heavy (non-hydrogen) atoms. The highest BCUT2D eigenvalue weighted by atomic mass is 32.2. The Hall–Kier alpha value is -0.910. The van der Waals surface area contributed by atoms with Crippen LogP contribution in [0.4, 0.5) is 0 Å². The summed E-state index contributed by atoms with van der Waals surface area (Å²) in [5.74, 6) is 5.81. The van der Waals surface area contributed by atoms with Crippen molar-refractivity contribution in [3.05, 3.63) is 21.9 Å². The highest BCUT2D eigenvalue weighted by Gasteiger charge is 2.11. The summed E-state index contributed by atoms with van der Waals surface area (Å²) < 4.78 is 30.9. The lowest BCUT2D eigenvalue weighted by atomic mass is 10.2. The van der Waals surface area contributed by atoms with Crippen LogP contribution in [-0.4, -0.2) is 39.6 Å². The van der Waals surface area contributed by atoms with E-state index in [1.54, 1.807) is 7.11 Å². The van der Waals surface area contributed by atoms with E-state index in [1.165, 1.54) is 11.3 Å². The van der Waals surface area contributed by atoms with E-state index in [0.717, 1.165) is 10.4 Å². The van der Waals surface area contributed by atoms with E-state index in [-0.39, 0.29) is 18.9 Å². The van der Waals surface area contributed by atoms with E-state index in [4.69, 9.17) is 9.84 Å². The van der Waals surface area contributed by atoms with Crippen LogP contribution in [0, 0.1) is 11.8 Å². The van der Waals surface area contributed by atoms with E-state index in [9.17, 15) is 8.42 Å². The Balaban J connectivity index is 2.54. The molecular formula is C13H19NO4S2. The normalized spacial score (nSPS) is 11.1. The molecule has 2 N–H and O–H groups in total. The quantitative estimate of drug-likeness (QED) is 0.553. The molecule has 0 bridgehead atoms. The predicted octanol–water partition coefficient (Wildman–Crippen LogP) is 0.938. The molecule has 1 heterocycles. The molecule has 0 aliphatic rings. The number of sulfonamides is 1. The van der Waals surface area contributed by atoms with Crippen LogP contribution < -0.4 is 4.72 Å². The van der Waals surface area contributed by atoms with Gasteiger partial charge in [-0.3, -0.25) is 0 Å². The Morgan fingerprint density at radius 3 is 3.00 bits per heavy atom. The fraction of sp³-hybridized carbons (Fsp3) is 0.538. The van der Waals surface area contributed by atoms with Crippen LogP contribution in [0.25, 0.3) is 0 Å². The van der Waals surface area contributed by atoms with E-state index in [2.05, 4.69) is 16.6 Å². The van der Waals surface area contributed by atoms with E-state index < -0.39 is 10.0 Å². The molecule has 0 fully saturated rings. The molecule has 112 valence electrons. The first kappa shape index (κ1) is 17.1. The second-order valence-electron chi connectivity index (χ2n) is 4.02. The number of aliphatic hydroxyl groups excluding tert-OH is 1. The number of hydrogen-bond acceptors (Lipinski definition) is 5. The van der Waals surface area contributed by atoms with E-state index in [1.807, 2.05) is 11.4 Å². The van der Waals surface area contributed by atoms with Gasteiger partial charge in [0.05, 0.1) is 12.4 Å². The lowest BCUT2D eigenvalue weighted by molar-refractivity contribution is 0.199. The first-order valence-corrected chi connectivity index (χ1v) is 8.74. The number of thiophene rings is 1. The molecule has 1 aromatic rings. The summed E-state index contributed by atoms with van der Waals surface area (Å²) in [5.41, 5.74) is 0.808. The van der Waals surface area contributed by atoms with Crippen molar-refractivity contribution in [1.82, 2.24) is 4.72 Å².